The number of aromatic nitrogens is 3. The van der Waals surface area contributed by atoms with Crippen molar-refractivity contribution in [2.24, 2.45) is 0 Å². The number of hydrogen-bond donors (Lipinski definition) is 0. The quantitative estimate of drug-likeness (QED) is 0.586. The van der Waals surface area contributed by atoms with Crippen molar-refractivity contribution in [3.8, 4) is 0 Å². The number of rotatable bonds is 10. The second kappa shape index (κ2) is 10.3. The van der Waals surface area contributed by atoms with Gasteiger partial charge in [0, 0.05) is 37.9 Å². The van der Waals surface area contributed by atoms with Crippen molar-refractivity contribution in [2.45, 2.75) is 81.8 Å². The molecule has 0 atom stereocenters. The van der Waals surface area contributed by atoms with Crippen LogP contribution in [0.25, 0.3) is 0 Å². The summed E-state index contributed by atoms with van der Waals surface area (Å²) in [5.41, 5.74) is 2.05. The fourth-order valence-electron chi connectivity index (χ4n) is 4.03. The van der Waals surface area contributed by atoms with Gasteiger partial charge in [-0.05, 0) is 38.4 Å². The first-order chi connectivity index (χ1) is 14.0. The highest BCUT2D eigenvalue weighted by Crippen LogP contribution is 2.29. The van der Waals surface area contributed by atoms with E-state index in [4.69, 9.17) is 0 Å². The fraction of sp³-hybridized carbons (Fsp3) is 0.636. The van der Waals surface area contributed by atoms with Gasteiger partial charge in [-0.15, -0.1) is 0 Å². The molecular formula is C22H34N4O2S. The fourth-order valence-corrected chi connectivity index (χ4v) is 6.00. The number of nitrogens with zero attached hydrogens (tertiary/aromatic N) is 4. The van der Waals surface area contributed by atoms with Gasteiger partial charge in [-0.2, -0.15) is 0 Å². The Labute approximate surface area is 175 Å². The van der Waals surface area contributed by atoms with Gasteiger partial charge in [-0.25, -0.2) is 13.4 Å². The maximum atomic E-state index is 13.3. The van der Waals surface area contributed by atoms with Crippen LogP contribution in [-0.4, -0.2) is 46.7 Å². The van der Waals surface area contributed by atoms with Crippen molar-refractivity contribution in [1.82, 2.24) is 19.4 Å². The van der Waals surface area contributed by atoms with Crippen molar-refractivity contribution in [3.05, 3.63) is 42.0 Å². The zero-order valence-corrected chi connectivity index (χ0v) is 18.6. The molecule has 2 aromatic heterocycles. The lowest BCUT2D eigenvalue weighted by atomic mass is 10.0. The Kier molecular flexibility index (Phi) is 7.84. The molecule has 0 amide bonds. The van der Waals surface area contributed by atoms with E-state index in [0.717, 1.165) is 69.3 Å². The van der Waals surface area contributed by atoms with Gasteiger partial charge < -0.3 is 9.47 Å². The third-order valence-electron chi connectivity index (χ3n) is 5.79. The van der Waals surface area contributed by atoms with E-state index < -0.39 is 9.84 Å². The van der Waals surface area contributed by atoms with Crippen molar-refractivity contribution < 1.29 is 8.42 Å². The average molecular weight is 419 g/mol. The SMILES string of the molecule is CCCCn1c(CN(C)CCc2ccccn2)cnc1S(=O)(=O)C1CCCCC1. The standard InChI is InChI=1S/C22H34N4O2S/c1-3-4-15-26-20(18-25(2)16-13-19-10-8-9-14-23-19)17-24-22(26)29(27,28)21-11-6-5-7-12-21/h8-10,14,17,21H,3-7,11-13,15-16,18H2,1-2H3. The Morgan fingerprint density at radius 3 is 2.66 bits per heavy atom. The molecule has 1 aliphatic carbocycles. The van der Waals surface area contributed by atoms with Gasteiger partial charge in [0.2, 0.25) is 15.0 Å². The zero-order valence-electron chi connectivity index (χ0n) is 17.8. The molecule has 0 N–H and O–H groups in total. The number of imidazole rings is 1. The van der Waals surface area contributed by atoms with E-state index in [1.807, 2.05) is 29.0 Å². The Morgan fingerprint density at radius 1 is 1.17 bits per heavy atom. The predicted molar refractivity (Wildman–Crippen MR) is 115 cm³/mol. The highest BCUT2D eigenvalue weighted by Gasteiger charge is 2.33. The third-order valence-corrected chi connectivity index (χ3v) is 7.97. The van der Waals surface area contributed by atoms with Gasteiger partial charge in [0.15, 0.2) is 0 Å². The van der Waals surface area contributed by atoms with Gasteiger partial charge in [0.1, 0.15) is 0 Å². The molecule has 0 saturated heterocycles. The second-order valence-electron chi connectivity index (χ2n) is 8.15. The molecule has 2 aromatic rings. The minimum Gasteiger partial charge on any atom is -0.318 e. The van der Waals surface area contributed by atoms with Crippen LogP contribution >= 0.6 is 0 Å². The van der Waals surface area contributed by atoms with Crippen LogP contribution in [0.1, 0.15) is 63.3 Å². The van der Waals surface area contributed by atoms with Crippen LogP contribution in [0.4, 0.5) is 0 Å². The molecule has 1 aliphatic rings. The second-order valence-corrected chi connectivity index (χ2v) is 10.3. The van der Waals surface area contributed by atoms with Crippen LogP contribution in [-0.2, 0) is 29.3 Å². The summed E-state index contributed by atoms with van der Waals surface area (Å²) in [5, 5.41) is 0.0136. The smallest absolute Gasteiger partial charge is 0.228 e. The topological polar surface area (TPSA) is 68.1 Å². The minimum atomic E-state index is -3.37. The summed E-state index contributed by atoms with van der Waals surface area (Å²) in [7, 11) is -1.31. The normalized spacial score (nSPS) is 15.8. The van der Waals surface area contributed by atoms with Gasteiger partial charge >= 0.3 is 0 Å². The maximum absolute atomic E-state index is 13.3. The summed E-state index contributed by atoms with van der Waals surface area (Å²) in [4.78, 5) is 11.0. The molecule has 1 fully saturated rings. The molecule has 2 heterocycles. The molecule has 0 aromatic carbocycles. The number of hydrogen-bond acceptors (Lipinski definition) is 5. The van der Waals surface area contributed by atoms with Gasteiger partial charge in [-0.1, -0.05) is 38.7 Å². The zero-order chi connectivity index (χ0) is 20.7. The molecule has 3 rings (SSSR count). The summed E-state index contributed by atoms with van der Waals surface area (Å²) in [6, 6.07) is 5.96. The summed E-state index contributed by atoms with van der Waals surface area (Å²) >= 11 is 0. The monoisotopic (exact) mass is 418 g/mol. The molecule has 0 unspecified atom stereocenters. The van der Waals surface area contributed by atoms with Crippen molar-refractivity contribution in [2.75, 3.05) is 13.6 Å². The lowest BCUT2D eigenvalue weighted by Gasteiger charge is -2.23. The Balaban J connectivity index is 1.74. The van der Waals surface area contributed by atoms with E-state index in [-0.39, 0.29) is 10.4 Å². The molecule has 29 heavy (non-hydrogen) atoms. The highest BCUT2D eigenvalue weighted by atomic mass is 32.2. The van der Waals surface area contributed by atoms with E-state index in [1.54, 1.807) is 6.20 Å². The van der Waals surface area contributed by atoms with Crippen LogP contribution < -0.4 is 0 Å². The van der Waals surface area contributed by atoms with Crippen LogP contribution in [0, 0.1) is 0 Å². The molecule has 0 radical (unpaired) electrons. The Bertz CT molecular complexity index is 858. The maximum Gasteiger partial charge on any atom is 0.228 e. The number of pyridine rings is 1. The molecule has 0 spiro atoms. The third kappa shape index (κ3) is 5.66. The van der Waals surface area contributed by atoms with Gasteiger partial charge in [0.25, 0.3) is 0 Å². The number of unbranched alkanes of at least 4 members (excludes halogenated alkanes) is 1. The first kappa shape index (κ1) is 22.0. The molecule has 7 heteroatoms. The van der Waals surface area contributed by atoms with Crippen LogP contribution in [0.15, 0.2) is 35.7 Å². The van der Waals surface area contributed by atoms with Crippen LogP contribution in [0.5, 0.6) is 0 Å². The molecular weight excluding hydrogens is 384 g/mol. The molecule has 0 aliphatic heterocycles. The van der Waals surface area contributed by atoms with E-state index in [2.05, 4.69) is 28.8 Å². The molecule has 1 saturated carbocycles. The molecule has 160 valence electrons. The lowest BCUT2D eigenvalue weighted by molar-refractivity contribution is 0.317. The summed E-state index contributed by atoms with van der Waals surface area (Å²) in [5.74, 6) is 0. The van der Waals surface area contributed by atoms with Crippen molar-refractivity contribution in [1.29, 1.82) is 0 Å². The summed E-state index contributed by atoms with van der Waals surface area (Å²) in [6.07, 6.45) is 11.1. The van der Waals surface area contributed by atoms with E-state index in [1.165, 1.54) is 0 Å². The largest absolute Gasteiger partial charge is 0.318 e. The molecule has 0 bridgehead atoms. The first-order valence-corrected chi connectivity index (χ1v) is 12.4. The Hall–Kier alpha value is -1.73. The summed E-state index contributed by atoms with van der Waals surface area (Å²) < 4.78 is 28.5. The van der Waals surface area contributed by atoms with Crippen molar-refractivity contribution >= 4 is 9.84 Å². The first-order valence-electron chi connectivity index (χ1n) is 10.9. The van der Waals surface area contributed by atoms with E-state index >= 15 is 0 Å². The van der Waals surface area contributed by atoms with E-state index in [0.29, 0.717) is 13.1 Å². The summed E-state index contributed by atoms with van der Waals surface area (Å²) in [6.45, 7) is 4.39. The average Bonchev–Trinajstić information content (AvgIpc) is 3.15. The van der Waals surface area contributed by atoms with Crippen LogP contribution in [0.2, 0.25) is 0 Å². The number of likely N-dealkylation sites (N-methyl/N-ethyl adjacent to an activating group) is 1. The molecule has 6 nitrogen and oxygen atoms in total. The Morgan fingerprint density at radius 2 is 1.97 bits per heavy atom. The number of sulfone groups is 1. The lowest BCUT2D eigenvalue weighted by Crippen LogP contribution is -2.28. The highest BCUT2D eigenvalue weighted by molar-refractivity contribution is 7.91. The van der Waals surface area contributed by atoms with Crippen molar-refractivity contribution in [3.63, 3.8) is 0 Å². The van der Waals surface area contributed by atoms with Gasteiger partial charge in [0.05, 0.1) is 17.1 Å². The van der Waals surface area contributed by atoms with Crippen LogP contribution in [0.3, 0.4) is 0 Å². The van der Waals surface area contributed by atoms with Gasteiger partial charge in [-0.3, -0.25) is 4.98 Å². The minimum absolute atomic E-state index is 0.270. The predicted octanol–water partition coefficient (Wildman–Crippen LogP) is 3.86. The van der Waals surface area contributed by atoms with E-state index in [9.17, 15) is 8.42 Å².